The maximum Gasteiger partial charge on any atom is 0.337 e. The van der Waals surface area contributed by atoms with Crippen molar-refractivity contribution in [2.24, 2.45) is 0 Å². The Hall–Kier alpha value is -4.06. The van der Waals surface area contributed by atoms with Gasteiger partial charge < -0.3 is 18.6 Å². The molecule has 0 aliphatic rings. The molecule has 0 atom stereocenters. The van der Waals surface area contributed by atoms with Crippen LogP contribution in [0.5, 0.6) is 17.2 Å². The maximum atomic E-state index is 13.0. The first-order valence-electron chi connectivity index (χ1n) is 9.65. The third kappa shape index (κ3) is 4.43. The highest BCUT2D eigenvalue weighted by Crippen LogP contribution is 2.28. The molecule has 31 heavy (non-hydrogen) atoms. The van der Waals surface area contributed by atoms with Gasteiger partial charge in [0.1, 0.15) is 29.4 Å². The third-order valence-electron chi connectivity index (χ3n) is 4.73. The van der Waals surface area contributed by atoms with Crippen molar-refractivity contribution in [3.8, 4) is 17.2 Å². The Balaban J connectivity index is 1.58. The van der Waals surface area contributed by atoms with Crippen molar-refractivity contribution in [1.29, 1.82) is 0 Å². The number of carbonyl (C=O) groups excluding carboxylic acids is 1. The molecule has 0 unspecified atom stereocenters. The molecule has 1 heterocycles. The van der Waals surface area contributed by atoms with Crippen molar-refractivity contribution in [3.05, 3.63) is 99.9 Å². The number of rotatable bonds is 6. The highest BCUT2D eigenvalue weighted by Gasteiger charge is 2.15. The minimum Gasteiger partial charge on any atom is -0.489 e. The summed E-state index contributed by atoms with van der Waals surface area (Å²) >= 11 is 0. The molecule has 1 aromatic heterocycles. The first kappa shape index (κ1) is 20.2. The van der Waals surface area contributed by atoms with E-state index in [9.17, 15) is 9.59 Å². The Bertz CT molecular complexity index is 1270. The number of ether oxygens (including phenoxy) is 3. The molecular formula is C25H20O6. The zero-order chi connectivity index (χ0) is 21.8. The van der Waals surface area contributed by atoms with Gasteiger partial charge in [0, 0.05) is 6.07 Å². The number of fused-ring (bicyclic) bond motifs is 1. The monoisotopic (exact) mass is 416 g/mol. The molecule has 4 rings (SSSR count). The lowest BCUT2D eigenvalue weighted by atomic mass is 10.2. The van der Waals surface area contributed by atoms with Gasteiger partial charge >= 0.3 is 5.97 Å². The first-order chi connectivity index (χ1) is 15.0. The summed E-state index contributed by atoms with van der Waals surface area (Å²) in [6.45, 7) is 2.08. The second kappa shape index (κ2) is 8.75. The molecule has 0 N–H and O–H groups in total. The van der Waals surface area contributed by atoms with Crippen LogP contribution in [0.2, 0.25) is 0 Å². The molecule has 0 bridgehead atoms. The minimum atomic E-state index is -0.446. The van der Waals surface area contributed by atoms with Crippen LogP contribution in [0.15, 0.2) is 82.0 Å². The van der Waals surface area contributed by atoms with E-state index in [1.54, 1.807) is 49.4 Å². The van der Waals surface area contributed by atoms with Gasteiger partial charge in [0.2, 0.25) is 11.2 Å². The molecule has 0 spiro atoms. The number of hydrogen-bond acceptors (Lipinski definition) is 6. The van der Waals surface area contributed by atoms with Gasteiger partial charge in [-0.25, -0.2) is 4.79 Å². The van der Waals surface area contributed by atoms with Gasteiger partial charge in [-0.1, -0.05) is 30.3 Å². The van der Waals surface area contributed by atoms with E-state index in [4.69, 9.17) is 13.9 Å². The number of esters is 1. The van der Waals surface area contributed by atoms with Gasteiger partial charge in [-0.15, -0.1) is 0 Å². The second-order valence-electron chi connectivity index (χ2n) is 6.87. The molecular weight excluding hydrogens is 396 g/mol. The maximum absolute atomic E-state index is 13.0. The van der Waals surface area contributed by atoms with Crippen molar-refractivity contribution >= 4 is 16.9 Å². The number of hydrogen-bond donors (Lipinski definition) is 0. The molecule has 3 aromatic carbocycles. The van der Waals surface area contributed by atoms with Crippen LogP contribution in [0.4, 0.5) is 0 Å². The molecule has 4 aromatic rings. The lowest BCUT2D eigenvalue weighted by Crippen LogP contribution is -2.08. The summed E-state index contributed by atoms with van der Waals surface area (Å²) in [6.07, 6.45) is 0. The Morgan fingerprint density at radius 2 is 1.65 bits per heavy atom. The standard InChI is InChI=1S/C25H20O6/c1-16-24(31-19-10-8-18(9-11-19)25(27)28-2)23(26)21-13-12-20(14-22(21)30-16)29-15-17-6-4-3-5-7-17/h3-14H,15H2,1-2H3. The van der Waals surface area contributed by atoms with E-state index < -0.39 is 5.97 Å². The van der Waals surface area contributed by atoms with E-state index in [-0.39, 0.29) is 11.2 Å². The average molecular weight is 416 g/mol. The normalized spacial score (nSPS) is 10.6. The summed E-state index contributed by atoms with van der Waals surface area (Å²) in [4.78, 5) is 24.5. The van der Waals surface area contributed by atoms with Gasteiger partial charge in [0.25, 0.3) is 0 Å². The van der Waals surface area contributed by atoms with Gasteiger partial charge in [-0.2, -0.15) is 0 Å². The fourth-order valence-electron chi connectivity index (χ4n) is 3.11. The third-order valence-corrected chi connectivity index (χ3v) is 4.73. The fourth-order valence-corrected chi connectivity index (χ4v) is 3.11. The predicted octanol–water partition coefficient (Wildman–Crippen LogP) is 5.26. The van der Waals surface area contributed by atoms with E-state index in [1.807, 2.05) is 30.3 Å². The summed E-state index contributed by atoms with van der Waals surface area (Å²) in [7, 11) is 1.31. The number of aryl methyl sites for hydroxylation is 1. The molecule has 0 aliphatic heterocycles. The van der Waals surface area contributed by atoms with Gasteiger partial charge in [-0.05, 0) is 48.9 Å². The average Bonchev–Trinajstić information content (AvgIpc) is 2.81. The van der Waals surface area contributed by atoms with Gasteiger partial charge in [-0.3, -0.25) is 4.79 Å². The van der Waals surface area contributed by atoms with Crippen molar-refractivity contribution in [1.82, 2.24) is 0 Å². The SMILES string of the molecule is COC(=O)c1ccc(Oc2c(C)oc3cc(OCc4ccccc4)ccc3c2=O)cc1. The molecule has 156 valence electrons. The quantitative estimate of drug-likeness (QED) is 0.399. The Morgan fingerprint density at radius 3 is 2.35 bits per heavy atom. The zero-order valence-corrected chi connectivity index (χ0v) is 17.1. The van der Waals surface area contributed by atoms with Gasteiger partial charge in [0.15, 0.2) is 0 Å². The molecule has 0 aliphatic carbocycles. The predicted molar refractivity (Wildman–Crippen MR) is 116 cm³/mol. The van der Waals surface area contributed by atoms with E-state index in [1.165, 1.54) is 7.11 Å². The van der Waals surface area contributed by atoms with Crippen LogP contribution >= 0.6 is 0 Å². The number of benzene rings is 3. The molecule has 0 fully saturated rings. The molecule has 6 heteroatoms. The van der Waals surface area contributed by atoms with Crippen LogP contribution in [0.1, 0.15) is 21.7 Å². The Labute approximate surface area is 178 Å². The van der Waals surface area contributed by atoms with Crippen LogP contribution in [-0.2, 0) is 11.3 Å². The first-order valence-corrected chi connectivity index (χ1v) is 9.65. The van der Waals surface area contributed by atoms with E-state index in [0.29, 0.717) is 40.4 Å². The highest BCUT2D eigenvalue weighted by atomic mass is 16.5. The van der Waals surface area contributed by atoms with Crippen molar-refractivity contribution in [2.45, 2.75) is 13.5 Å². The second-order valence-corrected chi connectivity index (χ2v) is 6.87. The lowest BCUT2D eigenvalue weighted by molar-refractivity contribution is 0.0600. The van der Waals surface area contributed by atoms with Crippen LogP contribution in [0.3, 0.4) is 0 Å². The zero-order valence-electron chi connectivity index (χ0n) is 17.1. The van der Waals surface area contributed by atoms with Crippen molar-refractivity contribution in [3.63, 3.8) is 0 Å². The molecule has 0 radical (unpaired) electrons. The van der Waals surface area contributed by atoms with Gasteiger partial charge in [0.05, 0.1) is 18.1 Å². The van der Waals surface area contributed by atoms with E-state index >= 15 is 0 Å². The topological polar surface area (TPSA) is 75.0 Å². The summed E-state index contributed by atoms with van der Waals surface area (Å²) in [5.41, 5.74) is 1.56. The van der Waals surface area contributed by atoms with E-state index in [2.05, 4.69) is 4.74 Å². The highest BCUT2D eigenvalue weighted by molar-refractivity contribution is 5.89. The summed E-state index contributed by atoms with van der Waals surface area (Å²) in [5.74, 6) is 1.00. The van der Waals surface area contributed by atoms with Crippen LogP contribution in [-0.4, -0.2) is 13.1 Å². The minimum absolute atomic E-state index is 0.0938. The van der Waals surface area contributed by atoms with Crippen LogP contribution in [0.25, 0.3) is 11.0 Å². The summed E-state index contributed by atoms with van der Waals surface area (Å²) < 4.78 is 22.1. The van der Waals surface area contributed by atoms with Crippen LogP contribution in [0, 0.1) is 6.92 Å². The van der Waals surface area contributed by atoms with Crippen LogP contribution < -0.4 is 14.9 Å². The lowest BCUT2D eigenvalue weighted by Gasteiger charge is -2.11. The largest absolute Gasteiger partial charge is 0.489 e. The Kier molecular flexibility index (Phi) is 5.71. The smallest absolute Gasteiger partial charge is 0.337 e. The van der Waals surface area contributed by atoms with Crippen molar-refractivity contribution in [2.75, 3.05) is 7.11 Å². The van der Waals surface area contributed by atoms with E-state index in [0.717, 1.165) is 5.56 Å². The summed E-state index contributed by atoms with van der Waals surface area (Å²) in [6, 6.07) is 21.2. The molecule has 6 nitrogen and oxygen atoms in total. The number of methoxy groups -OCH3 is 1. The summed E-state index contributed by atoms with van der Waals surface area (Å²) in [5, 5.41) is 0.388. The molecule has 0 amide bonds. The number of carbonyl (C=O) groups is 1. The fraction of sp³-hybridized carbons (Fsp3) is 0.120. The Morgan fingerprint density at radius 1 is 0.935 bits per heavy atom. The molecule has 0 saturated heterocycles. The molecule has 0 saturated carbocycles. The van der Waals surface area contributed by atoms with Crippen molar-refractivity contribution < 1.29 is 23.4 Å².